The summed E-state index contributed by atoms with van der Waals surface area (Å²) >= 11 is 3.37. The molecule has 0 aliphatic carbocycles. The number of primary sulfonamides is 1. The van der Waals surface area contributed by atoms with Gasteiger partial charge in [0.15, 0.2) is 0 Å². The number of nitrogens with two attached hydrogens (primary N) is 2. The molecule has 3 aromatic rings. The molecule has 0 saturated heterocycles. The Balaban J connectivity index is 1.84. The highest BCUT2D eigenvalue weighted by molar-refractivity contribution is 9.10. The highest BCUT2D eigenvalue weighted by Crippen LogP contribution is 2.16. The van der Waals surface area contributed by atoms with E-state index in [4.69, 9.17) is 10.9 Å². The van der Waals surface area contributed by atoms with Gasteiger partial charge >= 0.3 is 0 Å². The van der Waals surface area contributed by atoms with Crippen molar-refractivity contribution in [2.45, 2.75) is 4.90 Å². The summed E-state index contributed by atoms with van der Waals surface area (Å²) in [5, 5.41) is 10.1. The predicted molar refractivity (Wildman–Crippen MR) is 133 cm³/mol. The summed E-state index contributed by atoms with van der Waals surface area (Å²) in [7, 11) is -3.85. The van der Waals surface area contributed by atoms with E-state index in [1.165, 1.54) is 30.3 Å². The number of benzene rings is 3. The van der Waals surface area contributed by atoms with Gasteiger partial charge < -0.3 is 11.1 Å². The van der Waals surface area contributed by atoms with Crippen LogP contribution in [0.3, 0.4) is 0 Å². The minimum Gasteiger partial charge on any atom is -0.369 e. The number of aliphatic imine (C=N–C) groups is 1. The van der Waals surface area contributed by atoms with Gasteiger partial charge in [-0.2, -0.15) is 0 Å². The molecule has 0 aromatic heterocycles. The highest BCUT2D eigenvalue weighted by atomic mass is 79.9. The van der Waals surface area contributed by atoms with E-state index in [1.807, 2.05) is 6.07 Å². The zero-order valence-electron chi connectivity index (χ0n) is 17.6. The molecule has 11 heteroatoms. The Hall–Kier alpha value is -3.80. The van der Waals surface area contributed by atoms with Gasteiger partial charge in [-0.3, -0.25) is 14.9 Å². The van der Waals surface area contributed by atoms with Crippen LogP contribution in [0.1, 0.15) is 15.9 Å². The van der Waals surface area contributed by atoms with Gasteiger partial charge in [-0.15, -0.1) is 0 Å². The number of carbonyl (C=O) groups is 2. The summed E-state index contributed by atoms with van der Waals surface area (Å²) in [5.74, 6) is -1.44. The largest absolute Gasteiger partial charge is 0.369 e. The van der Waals surface area contributed by atoms with Crippen LogP contribution < -0.4 is 21.5 Å². The second-order valence-corrected chi connectivity index (χ2v) is 9.40. The average Bonchev–Trinajstić information content (AvgIpc) is 2.79. The van der Waals surface area contributed by atoms with Gasteiger partial charge in [0.05, 0.1) is 10.6 Å². The van der Waals surface area contributed by atoms with Crippen molar-refractivity contribution in [2.24, 2.45) is 15.9 Å². The summed E-state index contributed by atoms with van der Waals surface area (Å²) in [6.07, 6.45) is 1.50. The van der Waals surface area contributed by atoms with Crippen LogP contribution in [0.2, 0.25) is 0 Å². The van der Waals surface area contributed by atoms with Crippen molar-refractivity contribution in [3.8, 4) is 0 Å². The first-order valence-corrected chi connectivity index (χ1v) is 12.1. The summed E-state index contributed by atoms with van der Waals surface area (Å²) in [4.78, 5) is 29.5. The summed E-state index contributed by atoms with van der Waals surface area (Å²) in [6, 6.07) is 20.9. The highest BCUT2D eigenvalue weighted by Gasteiger charge is 2.16. The Morgan fingerprint density at radius 3 is 2.21 bits per heavy atom. The number of nitrogens with one attached hydrogen (secondary N) is 2. The van der Waals surface area contributed by atoms with Crippen LogP contribution in [0, 0.1) is 0 Å². The second-order valence-electron chi connectivity index (χ2n) is 6.92. The van der Waals surface area contributed by atoms with Gasteiger partial charge in [0, 0.05) is 10.0 Å². The fourth-order valence-corrected chi connectivity index (χ4v) is 3.70. The van der Waals surface area contributed by atoms with Crippen LogP contribution in [-0.4, -0.2) is 26.2 Å². The standard InChI is InChI=1S/C23H20BrN5O4S/c24-17-8-4-5-15(13-17)14-20(28-21(30)16-6-2-1-3-7-16)22(31)29-23(25)27-18-9-11-19(12-10-18)34(26,32)33/h1-14H,(H,28,30)(H2,26,32,33)(H3,25,27,29,31)/b20-14+. The van der Waals surface area contributed by atoms with Crippen molar-refractivity contribution < 1.29 is 18.0 Å². The monoisotopic (exact) mass is 541 g/mol. The van der Waals surface area contributed by atoms with Crippen LogP contribution in [0.15, 0.2) is 98.9 Å². The smallest absolute Gasteiger partial charge is 0.274 e. The molecule has 0 aliphatic rings. The molecule has 0 spiro atoms. The van der Waals surface area contributed by atoms with Crippen LogP contribution in [0.5, 0.6) is 0 Å². The fraction of sp³-hybridized carbons (Fsp3) is 0. The molecule has 0 fully saturated rings. The van der Waals surface area contributed by atoms with Crippen molar-refractivity contribution in [3.05, 3.63) is 100 Å². The van der Waals surface area contributed by atoms with Crippen molar-refractivity contribution in [1.29, 1.82) is 0 Å². The lowest BCUT2D eigenvalue weighted by Crippen LogP contribution is -2.41. The maximum Gasteiger partial charge on any atom is 0.274 e. The molecule has 174 valence electrons. The lowest BCUT2D eigenvalue weighted by molar-refractivity contribution is -0.116. The van der Waals surface area contributed by atoms with E-state index in [0.717, 1.165) is 4.47 Å². The van der Waals surface area contributed by atoms with Crippen molar-refractivity contribution in [2.75, 3.05) is 0 Å². The van der Waals surface area contributed by atoms with Crippen LogP contribution in [0.4, 0.5) is 5.69 Å². The molecule has 0 saturated carbocycles. The van der Waals surface area contributed by atoms with E-state index in [-0.39, 0.29) is 22.2 Å². The number of rotatable bonds is 6. The van der Waals surface area contributed by atoms with E-state index >= 15 is 0 Å². The van der Waals surface area contributed by atoms with Crippen molar-refractivity contribution >= 4 is 55.5 Å². The maximum atomic E-state index is 12.9. The first-order chi connectivity index (χ1) is 16.1. The first-order valence-electron chi connectivity index (χ1n) is 9.74. The summed E-state index contributed by atoms with van der Waals surface area (Å²) in [6.45, 7) is 0. The predicted octanol–water partition coefficient (Wildman–Crippen LogP) is 2.63. The average molecular weight is 542 g/mol. The number of guanidine groups is 1. The van der Waals surface area contributed by atoms with Crippen molar-refractivity contribution in [1.82, 2.24) is 10.6 Å². The molecule has 0 unspecified atom stereocenters. The van der Waals surface area contributed by atoms with E-state index in [0.29, 0.717) is 11.1 Å². The van der Waals surface area contributed by atoms with E-state index in [2.05, 4.69) is 31.6 Å². The molecule has 0 radical (unpaired) electrons. The van der Waals surface area contributed by atoms with Gasteiger partial charge in [0.1, 0.15) is 5.70 Å². The normalized spacial score (nSPS) is 12.2. The molecule has 3 rings (SSSR count). The topological polar surface area (TPSA) is 157 Å². The zero-order chi connectivity index (χ0) is 24.7. The number of hydrogen-bond donors (Lipinski definition) is 4. The Bertz CT molecular complexity index is 1370. The molecule has 0 heterocycles. The molecular formula is C23H20BrN5O4S. The Morgan fingerprint density at radius 1 is 0.912 bits per heavy atom. The third kappa shape index (κ3) is 7.10. The van der Waals surface area contributed by atoms with Gasteiger partial charge in [-0.1, -0.05) is 46.3 Å². The number of sulfonamides is 1. The number of nitrogens with zero attached hydrogens (tertiary/aromatic N) is 1. The van der Waals surface area contributed by atoms with E-state index in [1.54, 1.807) is 48.5 Å². The lowest BCUT2D eigenvalue weighted by Gasteiger charge is -2.11. The van der Waals surface area contributed by atoms with Gasteiger partial charge in [-0.05, 0) is 60.2 Å². The molecule has 3 aromatic carbocycles. The molecule has 9 nitrogen and oxygen atoms in total. The minimum atomic E-state index is -3.85. The third-order valence-electron chi connectivity index (χ3n) is 4.34. The number of halogens is 1. The Labute approximate surface area is 204 Å². The van der Waals surface area contributed by atoms with E-state index in [9.17, 15) is 18.0 Å². The molecular weight excluding hydrogens is 522 g/mol. The molecule has 2 amide bonds. The van der Waals surface area contributed by atoms with Crippen LogP contribution in [0.25, 0.3) is 6.08 Å². The fourth-order valence-electron chi connectivity index (χ4n) is 2.77. The Kier molecular flexibility index (Phi) is 7.95. The van der Waals surface area contributed by atoms with Gasteiger partial charge in [-0.25, -0.2) is 18.5 Å². The maximum absolute atomic E-state index is 12.9. The minimum absolute atomic E-state index is 0.0605. The molecule has 0 bridgehead atoms. The molecule has 6 N–H and O–H groups in total. The SMILES string of the molecule is NC(=Nc1ccc(S(N)(=O)=O)cc1)NC(=O)/C(=C\c1cccc(Br)c1)NC(=O)c1ccccc1. The first kappa shape index (κ1) is 24.8. The second kappa shape index (κ2) is 10.9. The van der Waals surface area contributed by atoms with Gasteiger partial charge in [0.2, 0.25) is 16.0 Å². The van der Waals surface area contributed by atoms with Crippen molar-refractivity contribution in [3.63, 3.8) is 0 Å². The number of hydrogen-bond acceptors (Lipinski definition) is 5. The summed E-state index contributed by atoms with van der Waals surface area (Å²) in [5.41, 5.74) is 7.11. The third-order valence-corrected chi connectivity index (χ3v) is 5.77. The molecule has 34 heavy (non-hydrogen) atoms. The number of amides is 2. The van der Waals surface area contributed by atoms with Crippen LogP contribution >= 0.6 is 15.9 Å². The van der Waals surface area contributed by atoms with E-state index < -0.39 is 21.8 Å². The molecule has 0 atom stereocenters. The zero-order valence-corrected chi connectivity index (χ0v) is 20.0. The molecule has 0 aliphatic heterocycles. The lowest BCUT2D eigenvalue weighted by atomic mass is 10.1. The quantitative estimate of drug-likeness (QED) is 0.214. The number of carbonyl (C=O) groups excluding carboxylic acids is 2. The van der Waals surface area contributed by atoms with Gasteiger partial charge in [0.25, 0.3) is 11.8 Å². The summed E-state index contributed by atoms with van der Waals surface area (Å²) < 4.78 is 23.5. The van der Waals surface area contributed by atoms with Crippen LogP contribution in [-0.2, 0) is 14.8 Å². The Morgan fingerprint density at radius 2 is 1.59 bits per heavy atom.